The molecule has 8 nitrogen and oxygen atoms in total. The van der Waals surface area contributed by atoms with Gasteiger partial charge in [-0.3, -0.25) is 14.5 Å². The Kier molecular flexibility index (Phi) is 6.07. The van der Waals surface area contributed by atoms with Gasteiger partial charge in [-0.05, 0) is 35.9 Å². The first kappa shape index (κ1) is 23.4. The fourth-order valence-electron chi connectivity index (χ4n) is 4.24. The molecule has 0 radical (unpaired) electrons. The Morgan fingerprint density at radius 3 is 2.36 bits per heavy atom. The summed E-state index contributed by atoms with van der Waals surface area (Å²) in [5.74, 6) is -0.270. The van der Waals surface area contributed by atoms with Gasteiger partial charge in [0.1, 0.15) is 11.5 Å². The molecule has 1 aliphatic heterocycles. The number of nitrogens with zero attached hydrogens (tertiary/aromatic N) is 2. The molecular formula is C27H22N2O6S. The Morgan fingerprint density at radius 2 is 1.67 bits per heavy atom. The molecule has 1 aliphatic rings. The molecule has 36 heavy (non-hydrogen) atoms. The topological polar surface area (TPSA) is 98.2 Å². The quantitative estimate of drug-likeness (QED) is 0.226. The van der Waals surface area contributed by atoms with Crippen molar-refractivity contribution in [1.29, 1.82) is 0 Å². The van der Waals surface area contributed by atoms with Gasteiger partial charge < -0.3 is 19.3 Å². The molecule has 1 unspecified atom stereocenters. The van der Waals surface area contributed by atoms with E-state index in [1.165, 1.54) is 30.5 Å². The lowest BCUT2D eigenvalue weighted by Crippen LogP contribution is -2.29. The maximum atomic E-state index is 13.4. The minimum atomic E-state index is -0.938. The lowest BCUT2D eigenvalue weighted by molar-refractivity contribution is -0.132. The van der Waals surface area contributed by atoms with E-state index in [-0.39, 0.29) is 11.3 Å². The molecule has 1 fully saturated rings. The van der Waals surface area contributed by atoms with Crippen molar-refractivity contribution >= 4 is 44.1 Å². The van der Waals surface area contributed by atoms with Crippen LogP contribution in [0.25, 0.3) is 16.0 Å². The van der Waals surface area contributed by atoms with Gasteiger partial charge in [-0.2, -0.15) is 0 Å². The van der Waals surface area contributed by atoms with Crippen LogP contribution >= 0.6 is 11.3 Å². The number of thiazole rings is 1. The second-order valence-corrected chi connectivity index (χ2v) is 8.99. The maximum Gasteiger partial charge on any atom is 0.301 e. The molecule has 1 N–H and O–H groups in total. The van der Waals surface area contributed by atoms with E-state index in [9.17, 15) is 14.7 Å². The highest BCUT2D eigenvalue weighted by Gasteiger charge is 2.48. The molecule has 0 spiro atoms. The van der Waals surface area contributed by atoms with Crippen LogP contribution in [0.4, 0.5) is 5.13 Å². The summed E-state index contributed by atoms with van der Waals surface area (Å²) in [6.45, 7) is 0. The summed E-state index contributed by atoms with van der Waals surface area (Å²) in [5.41, 5.74) is 1.61. The van der Waals surface area contributed by atoms with Crippen LogP contribution in [0.1, 0.15) is 17.2 Å². The molecule has 0 saturated carbocycles. The summed E-state index contributed by atoms with van der Waals surface area (Å²) < 4.78 is 16.9. The number of anilines is 1. The van der Waals surface area contributed by atoms with Gasteiger partial charge in [0.2, 0.25) is 0 Å². The van der Waals surface area contributed by atoms with Gasteiger partial charge in [0.25, 0.3) is 5.78 Å². The number of methoxy groups -OCH3 is 3. The number of rotatable bonds is 6. The number of hydrogen-bond donors (Lipinski definition) is 1. The van der Waals surface area contributed by atoms with E-state index in [1.54, 1.807) is 67.8 Å². The molecule has 182 valence electrons. The Morgan fingerprint density at radius 1 is 0.917 bits per heavy atom. The zero-order chi connectivity index (χ0) is 25.4. The van der Waals surface area contributed by atoms with Crippen molar-refractivity contribution in [2.75, 3.05) is 26.2 Å². The zero-order valence-corrected chi connectivity index (χ0v) is 20.5. The SMILES string of the molecule is COc1ccc2nc(N3C(=O)C(=O)C(=C(O)c4ccccc4)C3c3ccc(OC)c(OC)c3)sc2c1. The fourth-order valence-corrected chi connectivity index (χ4v) is 5.26. The number of Topliss-reactive ketones (excluding diaryl/α,β-unsaturated/α-hetero) is 1. The number of aromatic nitrogens is 1. The van der Waals surface area contributed by atoms with Crippen molar-refractivity contribution in [2.24, 2.45) is 0 Å². The molecule has 0 aliphatic carbocycles. The minimum absolute atomic E-state index is 0.0322. The summed E-state index contributed by atoms with van der Waals surface area (Å²) in [6.07, 6.45) is 0. The van der Waals surface area contributed by atoms with Crippen LogP contribution in [0, 0.1) is 0 Å². The molecule has 3 aromatic carbocycles. The van der Waals surface area contributed by atoms with E-state index in [0.717, 1.165) is 4.70 Å². The van der Waals surface area contributed by atoms with E-state index >= 15 is 0 Å². The van der Waals surface area contributed by atoms with Gasteiger partial charge in [0.15, 0.2) is 16.6 Å². The molecule has 1 saturated heterocycles. The number of hydrogen-bond acceptors (Lipinski definition) is 8. The highest BCUT2D eigenvalue weighted by atomic mass is 32.1. The molecule has 2 heterocycles. The lowest BCUT2D eigenvalue weighted by Gasteiger charge is -2.23. The van der Waals surface area contributed by atoms with Crippen LogP contribution in [0.5, 0.6) is 17.2 Å². The van der Waals surface area contributed by atoms with E-state index in [0.29, 0.717) is 39.0 Å². The number of benzene rings is 3. The number of aliphatic hydroxyl groups excluding tert-OH is 1. The van der Waals surface area contributed by atoms with E-state index < -0.39 is 17.7 Å². The summed E-state index contributed by atoms with van der Waals surface area (Å²) in [7, 11) is 4.60. The monoisotopic (exact) mass is 502 g/mol. The van der Waals surface area contributed by atoms with E-state index in [2.05, 4.69) is 4.98 Å². The van der Waals surface area contributed by atoms with Gasteiger partial charge in [-0.1, -0.05) is 47.7 Å². The van der Waals surface area contributed by atoms with Crippen molar-refractivity contribution in [3.63, 3.8) is 0 Å². The third-order valence-corrected chi connectivity index (χ3v) is 7.02. The summed E-state index contributed by atoms with van der Waals surface area (Å²) in [6, 6.07) is 18.2. The molecular weight excluding hydrogens is 480 g/mol. The van der Waals surface area contributed by atoms with Gasteiger partial charge in [-0.25, -0.2) is 4.98 Å². The van der Waals surface area contributed by atoms with Crippen LogP contribution in [0.15, 0.2) is 72.3 Å². The number of fused-ring (bicyclic) bond motifs is 1. The smallest absolute Gasteiger partial charge is 0.301 e. The first-order valence-corrected chi connectivity index (χ1v) is 11.8. The summed E-state index contributed by atoms with van der Waals surface area (Å²) >= 11 is 1.26. The molecule has 1 atom stereocenters. The highest BCUT2D eigenvalue weighted by molar-refractivity contribution is 7.22. The van der Waals surface area contributed by atoms with E-state index in [4.69, 9.17) is 14.2 Å². The van der Waals surface area contributed by atoms with Crippen LogP contribution in [0.2, 0.25) is 0 Å². The third-order valence-electron chi connectivity index (χ3n) is 6.01. The predicted molar refractivity (Wildman–Crippen MR) is 137 cm³/mol. The maximum absolute atomic E-state index is 13.4. The van der Waals surface area contributed by atoms with Gasteiger partial charge >= 0.3 is 5.91 Å². The van der Waals surface area contributed by atoms with Crippen molar-refractivity contribution < 1.29 is 28.9 Å². The molecule has 5 rings (SSSR count). The largest absolute Gasteiger partial charge is 0.507 e. The first-order valence-electron chi connectivity index (χ1n) is 11.0. The third kappa shape index (κ3) is 3.83. The molecule has 0 bridgehead atoms. The molecule has 1 amide bonds. The van der Waals surface area contributed by atoms with Crippen molar-refractivity contribution in [3.05, 3.63) is 83.4 Å². The average Bonchev–Trinajstić information content (AvgIpc) is 3.45. The van der Waals surface area contributed by atoms with Crippen LogP contribution < -0.4 is 19.1 Å². The zero-order valence-electron chi connectivity index (χ0n) is 19.7. The summed E-state index contributed by atoms with van der Waals surface area (Å²) in [5, 5.41) is 11.6. The second-order valence-electron chi connectivity index (χ2n) is 7.98. The van der Waals surface area contributed by atoms with Crippen LogP contribution in [-0.4, -0.2) is 43.1 Å². The van der Waals surface area contributed by atoms with Crippen LogP contribution in [-0.2, 0) is 9.59 Å². The Hall–Kier alpha value is -4.37. The standard InChI is InChI=1S/C27H22N2O6S/c1-33-17-10-11-18-21(14-17)36-27(28-18)29-23(16-9-12-19(34-2)20(13-16)35-3)22(25(31)26(29)32)24(30)15-7-5-4-6-8-15/h4-14,23,30H,1-3H3. The lowest BCUT2D eigenvalue weighted by atomic mass is 9.95. The molecule has 4 aromatic rings. The number of ether oxygens (including phenoxy) is 3. The number of carbonyl (C=O) groups excluding carboxylic acids is 2. The number of aliphatic hydroxyl groups is 1. The Balaban J connectivity index is 1.74. The normalized spacial score (nSPS) is 17.0. The number of carbonyl (C=O) groups is 2. The average molecular weight is 503 g/mol. The minimum Gasteiger partial charge on any atom is -0.507 e. The Bertz CT molecular complexity index is 1510. The summed E-state index contributed by atoms with van der Waals surface area (Å²) in [4.78, 5) is 32.8. The number of amides is 1. The number of ketones is 1. The Labute approximate surface area is 211 Å². The van der Waals surface area contributed by atoms with Crippen molar-refractivity contribution in [2.45, 2.75) is 6.04 Å². The van der Waals surface area contributed by atoms with Gasteiger partial charge in [-0.15, -0.1) is 0 Å². The fraction of sp³-hybridized carbons (Fsp3) is 0.148. The van der Waals surface area contributed by atoms with Crippen molar-refractivity contribution in [1.82, 2.24) is 4.98 Å². The molecule has 9 heteroatoms. The highest BCUT2D eigenvalue weighted by Crippen LogP contribution is 2.46. The first-order chi connectivity index (χ1) is 17.5. The molecule has 1 aromatic heterocycles. The van der Waals surface area contributed by atoms with Crippen LogP contribution in [0.3, 0.4) is 0 Å². The van der Waals surface area contributed by atoms with Gasteiger partial charge in [0, 0.05) is 5.56 Å². The van der Waals surface area contributed by atoms with Gasteiger partial charge in [0.05, 0.1) is 43.2 Å². The predicted octanol–water partition coefficient (Wildman–Crippen LogP) is 4.95. The second kappa shape index (κ2) is 9.35. The van der Waals surface area contributed by atoms with Crippen molar-refractivity contribution in [3.8, 4) is 17.2 Å². The van der Waals surface area contributed by atoms with E-state index in [1.807, 2.05) is 6.07 Å².